The van der Waals surface area contributed by atoms with Crippen molar-refractivity contribution >= 4 is 0 Å². The Bertz CT molecular complexity index is 494. The highest BCUT2D eigenvalue weighted by atomic mass is 15.0. The first-order valence-corrected chi connectivity index (χ1v) is 8.55. The van der Waals surface area contributed by atoms with Crippen LogP contribution >= 0.6 is 0 Å². The van der Waals surface area contributed by atoms with E-state index >= 15 is 0 Å². The minimum Gasteiger partial charge on any atom is -0.307 e. The van der Waals surface area contributed by atoms with Gasteiger partial charge < -0.3 is 5.32 Å². The third-order valence-electron chi connectivity index (χ3n) is 6.43. The fourth-order valence-corrected chi connectivity index (χ4v) is 5.62. The minimum atomic E-state index is 0.499. The molecule has 1 heteroatoms. The molecule has 3 fully saturated rings. The monoisotopic (exact) mass is 269 g/mol. The summed E-state index contributed by atoms with van der Waals surface area (Å²) >= 11 is 0. The third-order valence-corrected chi connectivity index (χ3v) is 6.43. The van der Waals surface area contributed by atoms with Gasteiger partial charge in [0.1, 0.15) is 0 Å². The molecule has 0 radical (unpaired) electrons. The van der Waals surface area contributed by atoms with E-state index in [1.165, 1.54) is 43.2 Å². The Morgan fingerprint density at radius 3 is 2.80 bits per heavy atom. The molecule has 1 nitrogen and oxygen atoms in total. The molecule has 2 bridgehead atoms. The van der Waals surface area contributed by atoms with Crippen molar-refractivity contribution in [3.8, 4) is 0 Å². The van der Waals surface area contributed by atoms with E-state index in [0.29, 0.717) is 6.04 Å². The average Bonchev–Trinajstić information content (AvgIpc) is 3.10. The van der Waals surface area contributed by atoms with Crippen molar-refractivity contribution in [1.29, 1.82) is 0 Å². The Labute approximate surface area is 123 Å². The molecule has 0 heterocycles. The number of benzene rings is 1. The van der Waals surface area contributed by atoms with Crippen LogP contribution in [0.5, 0.6) is 0 Å². The normalized spacial score (nSPS) is 40.0. The molecule has 3 aliphatic rings. The molecule has 3 unspecified atom stereocenters. The Morgan fingerprint density at radius 1 is 1.10 bits per heavy atom. The van der Waals surface area contributed by atoms with E-state index < -0.39 is 0 Å². The summed E-state index contributed by atoms with van der Waals surface area (Å²) in [5.41, 5.74) is 2.83. The van der Waals surface area contributed by atoms with Gasteiger partial charge in [-0.1, -0.05) is 36.2 Å². The largest absolute Gasteiger partial charge is 0.307 e. The highest BCUT2D eigenvalue weighted by Crippen LogP contribution is 2.58. The van der Waals surface area contributed by atoms with E-state index in [1.54, 1.807) is 0 Å². The van der Waals surface area contributed by atoms with Crippen LogP contribution in [-0.4, -0.2) is 6.04 Å². The van der Waals surface area contributed by atoms with Crippen molar-refractivity contribution in [2.24, 2.45) is 23.7 Å². The van der Waals surface area contributed by atoms with Gasteiger partial charge in [-0.25, -0.2) is 0 Å². The van der Waals surface area contributed by atoms with Crippen molar-refractivity contribution in [3.63, 3.8) is 0 Å². The van der Waals surface area contributed by atoms with Gasteiger partial charge in [-0.2, -0.15) is 0 Å². The standard InChI is InChI=1S/C19H27N/c1-12-5-3-6-14(9-12)13(2)20-19-11-15-10-18(19)17-8-4-7-16(15)17/h3,5-6,9,13,15-20H,4,7-8,10-11H2,1-2H3/t13?,15?,16-,17-,18?,19-/m1/s1. The van der Waals surface area contributed by atoms with Crippen LogP contribution in [0.15, 0.2) is 24.3 Å². The second kappa shape index (κ2) is 4.87. The summed E-state index contributed by atoms with van der Waals surface area (Å²) in [4.78, 5) is 0. The van der Waals surface area contributed by atoms with E-state index in [-0.39, 0.29) is 0 Å². The lowest BCUT2D eigenvalue weighted by Gasteiger charge is -2.34. The Morgan fingerprint density at radius 2 is 1.95 bits per heavy atom. The van der Waals surface area contributed by atoms with Crippen LogP contribution in [0.4, 0.5) is 0 Å². The number of fused-ring (bicyclic) bond motifs is 5. The molecular weight excluding hydrogens is 242 g/mol. The summed E-state index contributed by atoms with van der Waals surface area (Å²) < 4.78 is 0. The lowest BCUT2D eigenvalue weighted by molar-refractivity contribution is 0.200. The molecule has 1 aromatic carbocycles. The van der Waals surface area contributed by atoms with E-state index in [9.17, 15) is 0 Å². The molecule has 1 aromatic rings. The molecule has 108 valence electrons. The van der Waals surface area contributed by atoms with Crippen LogP contribution in [0.3, 0.4) is 0 Å². The van der Waals surface area contributed by atoms with E-state index in [2.05, 4.69) is 43.4 Å². The molecule has 4 rings (SSSR count). The van der Waals surface area contributed by atoms with Crippen LogP contribution in [0, 0.1) is 30.6 Å². The van der Waals surface area contributed by atoms with Gasteiger partial charge in [0.05, 0.1) is 0 Å². The predicted molar refractivity (Wildman–Crippen MR) is 83.6 cm³/mol. The second-order valence-corrected chi connectivity index (χ2v) is 7.56. The molecule has 0 aliphatic heterocycles. The molecule has 0 saturated heterocycles. The zero-order valence-electron chi connectivity index (χ0n) is 12.8. The quantitative estimate of drug-likeness (QED) is 0.853. The van der Waals surface area contributed by atoms with Crippen LogP contribution < -0.4 is 5.32 Å². The summed E-state index contributed by atoms with van der Waals surface area (Å²) in [5, 5.41) is 3.97. The zero-order chi connectivity index (χ0) is 13.7. The SMILES string of the molecule is Cc1cccc(C(C)N[C@@H]2CC3CC2[C@@H]2CCC[C@H]32)c1. The highest BCUT2D eigenvalue weighted by Gasteiger charge is 2.53. The molecule has 0 amide bonds. The van der Waals surface area contributed by atoms with Gasteiger partial charge in [0.15, 0.2) is 0 Å². The Balaban J connectivity index is 1.45. The van der Waals surface area contributed by atoms with E-state index in [0.717, 1.165) is 29.7 Å². The van der Waals surface area contributed by atoms with Crippen LogP contribution in [0.1, 0.15) is 56.2 Å². The predicted octanol–water partition coefficient (Wildman–Crippen LogP) is 4.47. The first-order valence-electron chi connectivity index (χ1n) is 8.55. The lowest BCUT2D eigenvalue weighted by atomic mass is 9.79. The number of hydrogen-bond acceptors (Lipinski definition) is 1. The molecule has 1 N–H and O–H groups in total. The van der Waals surface area contributed by atoms with Crippen molar-refractivity contribution in [3.05, 3.63) is 35.4 Å². The van der Waals surface area contributed by atoms with Gasteiger partial charge in [-0.15, -0.1) is 0 Å². The summed E-state index contributed by atoms with van der Waals surface area (Å²) in [5.74, 6) is 4.21. The summed E-state index contributed by atoms with van der Waals surface area (Å²) in [7, 11) is 0. The van der Waals surface area contributed by atoms with Gasteiger partial charge in [0, 0.05) is 12.1 Å². The number of hydrogen-bond donors (Lipinski definition) is 1. The molecule has 6 atom stereocenters. The Hall–Kier alpha value is -0.820. The van der Waals surface area contributed by atoms with Gasteiger partial charge in [-0.3, -0.25) is 0 Å². The van der Waals surface area contributed by atoms with E-state index in [1.807, 2.05) is 0 Å². The topological polar surface area (TPSA) is 12.0 Å². The molecule has 0 spiro atoms. The number of nitrogens with one attached hydrogen (secondary N) is 1. The maximum Gasteiger partial charge on any atom is 0.0294 e. The Kier molecular flexibility index (Phi) is 3.14. The molecule has 3 aliphatic carbocycles. The van der Waals surface area contributed by atoms with Gasteiger partial charge >= 0.3 is 0 Å². The van der Waals surface area contributed by atoms with Crippen LogP contribution in [0.2, 0.25) is 0 Å². The van der Waals surface area contributed by atoms with Crippen molar-refractivity contribution in [2.75, 3.05) is 0 Å². The first kappa shape index (κ1) is 12.9. The lowest BCUT2D eigenvalue weighted by Crippen LogP contribution is -2.40. The van der Waals surface area contributed by atoms with Crippen molar-refractivity contribution in [2.45, 2.75) is 58.0 Å². The van der Waals surface area contributed by atoms with Crippen molar-refractivity contribution < 1.29 is 0 Å². The number of aryl methyl sites for hydroxylation is 1. The fraction of sp³-hybridized carbons (Fsp3) is 0.684. The smallest absolute Gasteiger partial charge is 0.0294 e. The van der Waals surface area contributed by atoms with Crippen LogP contribution in [0.25, 0.3) is 0 Å². The molecule has 3 saturated carbocycles. The highest BCUT2D eigenvalue weighted by molar-refractivity contribution is 5.25. The summed E-state index contributed by atoms with van der Waals surface area (Å²) in [6.07, 6.45) is 7.52. The molecule has 20 heavy (non-hydrogen) atoms. The maximum absolute atomic E-state index is 3.97. The van der Waals surface area contributed by atoms with Gasteiger partial charge in [-0.05, 0) is 68.8 Å². The zero-order valence-corrected chi connectivity index (χ0v) is 12.8. The van der Waals surface area contributed by atoms with Gasteiger partial charge in [0.25, 0.3) is 0 Å². The maximum atomic E-state index is 3.97. The van der Waals surface area contributed by atoms with Gasteiger partial charge in [0.2, 0.25) is 0 Å². The van der Waals surface area contributed by atoms with E-state index in [4.69, 9.17) is 0 Å². The average molecular weight is 269 g/mol. The van der Waals surface area contributed by atoms with Crippen LogP contribution in [-0.2, 0) is 0 Å². The molecular formula is C19H27N. The van der Waals surface area contributed by atoms with Crippen molar-refractivity contribution in [1.82, 2.24) is 5.32 Å². The number of rotatable bonds is 3. The summed E-state index contributed by atoms with van der Waals surface area (Å²) in [6, 6.07) is 10.3. The minimum absolute atomic E-state index is 0.499. The first-order chi connectivity index (χ1) is 9.72. The molecule has 0 aromatic heterocycles. The third kappa shape index (κ3) is 2.02. The fourth-order valence-electron chi connectivity index (χ4n) is 5.62. The second-order valence-electron chi connectivity index (χ2n) is 7.56. The summed E-state index contributed by atoms with van der Waals surface area (Å²) in [6.45, 7) is 4.53.